The fourth-order valence-corrected chi connectivity index (χ4v) is 3.02. The van der Waals surface area contributed by atoms with Gasteiger partial charge in [0.15, 0.2) is 5.82 Å². The van der Waals surface area contributed by atoms with Gasteiger partial charge in [0.25, 0.3) is 0 Å². The van der Waals surface area contributed by atoms with Crippen LogP contribution in [0.3, 0.4) is 0 Å². The van der Waals surface area contributed by atoms with E-state index in [9.17, 15) is 13.2 Å². The lowest BCUT2D eigenvalue weighted by Crippen LogP contribution is -1.99. The first-order valence-electron chi connectivity index (χ1n) is 5.32. The standard InChI is InChI=1S/C13H9BrF3NS/c14-12-7(6-18)1-4-10(13(12)17)19-11-5-8(15)2-3-9(11)16/h1-5H,6,18H2. The molecule has 0 aliphatic heterocycles. The molecule has 0 amide bonds. The summed E-state index contributed by atoms with van der Waals surface area (Å²) in [5, 5.41) is 0. The molecular weight excluding hydrogens is 339 g/mol. The van der Waals surface area contributed by atoms with Crippen LogP contribution in [0.2, 0.25) is 0 Å². The minimum absolute atomic E-state index is 0.0336. The van der Waals surface area contributed by atoms with Crippen molar-refractivity contribution in [3.63, 3.8) is 0 Å². The van der Waals surface area contributed by atoms with Crippen LogP contribution in [0.25, 0.3) is 0 Å². The molecule has 0 fully saturated rings. The van der Waals surface area contributed by atoms with E-state index in [1.165, 1.54) is 6.07 Å². The average molecular weight is 348 g/mol. The van der Waals surface area contributed by atoms with Gasteiger partial charge in [0.1, 0.15) is 11.6 Å². The van der Waals surface area contributed by atoms with Crippen molar-refractivity contribution in [3.8, 4) is 0 Å². The lowest BCUT2D eigenvalue weighted by atomic mass is 10.2. The van der Waals surface area contributed by atoms with Crippen LogP contribution in [0.5, 0.6) is 0 Å². The maximum atomic E-state index is 14.0. The fraction of sp³-hybridized carbons (Fsp3) is 0.0769. The summed E-state index contributed by atoms with van der Waals surface area (Å²) >= 11 is 3.93. The lowest BCUT2D eigenvalue weighted by molar-refractivity contribution is 0.575. The molecule has 0 aromatic heterocycles. The highest BCUT2D eigenvalue weighted by atomic mass is 79.9. The van der Waals surface area contributed by atoms with Crippen LogP contribution in [0.4, 0.5) is 13.2 Å². The zero-order valence-electron chi connectivity index (χ0n) is 9.59. The van der Waals surface area contributed by atoms with E-state index in [0.717, 1.165) is 30.0 Å². The van der Waals surface area contributed by atoms with E-state index >= 15 is 0 Å². The van der Waals surface area contributed by atoms with Crippen molar-refractivity contribution in [1.29, 1.82) is 0 Å². The van der Waals surface area contributed by atoms with Crippen molar-refractivity contribution in [1.82, 2.24) is 0 Å². The maximum Gasteiger partial charge on any atom is 0.151 e. The molecule has 2 N–H and O–H groups in total. The minimum atomic E-state index is -0.593. The van der Waals surface area contributed by atoms with Gasteiger partial charge in [-0.3, -0.25) is 0 Å². The van der Waals surface area contributed by atoms with Gasteiger partial charge in [-0.2, -0.15) is 0 Å². The largest absolute Gasteiger partial charge is 0.326 e. The second-order valence-corrected chi connectivity index (χ2v) is 5.61. The van der Waals surface area contributed by atoms with E-state index in [0.29, 0.717) is 5.56 Å². The summed E-state index contributed by atoms with van der Waals surface area (Å²) in [5.74, 6) is -1.69. The summed E-state index contributed by atoms with van der Waals surface area (Å²) in [4.78, 5) is 0.236. The van der Waals surface area contributed by atoms with Gasteiger partial charge in [0.05, 0.1) is 9.37 Å². The Labute approximate surface area is 121 Å². The molecule has 2 rings (SSSR count). The van der Waals surface area contributed by atoms with Crippen molar-refractivity contribution in [2.45, 2.75) is 16.3 Å². The van der Waals surface area contributed by atoms with Crippen molar-refractivity contribution < 1.29 is 13.2 Å². The van der Waals surface area contributed by atoms with Crippen LogP contribution in [0.1, 0.15) is 5.56 Å². The Balaban J connectivity index is 2.39. The summed E-state index contributed by atoms with van der Waals surface area (Å²) in [7, 11) is 0. The minimum Gasteiger partial charge on any atom is -0.326 e. The van der Waals surface area contributed by atoms with Crippen LogP contribution in [0, 0.1) is 17.5 Å². The van der Waals surface area contributed by atoms with Gasteiger partial charge in [0.2, 0.25) is 0 Å². The molecule has 100 valence electrons. The van der Waals surface area contributed by atoms with E-state index in [2.05, 4.69) is 15.9 Å². The monoisotopic (exact) mass is 347 g/mol. The molecule has 19 heavy (non-hydrogen) atoms. The van der Waals surface area contributed by atoms with Gasteiger partial charge in [-0.05, 0) is 45.8 Å². The molecule has 0 unspecified atom stereocenters. The molecular formula is C13H9BrF3NS. The number of hydrogen-bond acceptors (Lipinski definition) is 2. The van der Waals surface area contributed by atoms with E-state index in [-0.39, 0.29) is 20.8 Å². The first kappa shape index (κ1) is 14.4. The number of halogens is 4. The van der Waals surface area contributed by atoms with E-state index in [4.69, 9.17) is 5.73 Å². The number of rotatable bonds is 3. The van der Waals surface area contributed by atoms with Gasteiger partial charge in [-0.1, -0.05) is 17.8 Å². The van der Waals surface area contributed by atoms with Gasteiger partial charge >= 0.3 is 0 Å². The van der Waals surface area contributed by atoms with Gasteiger partial charge in [0, 0.05) is 11.4 Å². The Bertz CT molecular complexity index is 619. The summed E-state index contributed by atoms with van der Waals surface area (Å²) in [5.41, 5.74) is 6.07. The number of hydrogen-bond donors (Lipinski definition) is 1. The molecule has 0 spiro atoms. The van der Waals surface area contributed by atoms with E-state index in [1.54, 1.807) is 6.07 Å². The third kappa shape index (κ3) is 3.13. The highest BCUT2D eigenvalue weighted by Crippen LogP contribution is 2.35. The quantitative estimate of drug-likeness (QED) is 0.885. The predicted molar refractivity (Wildman–Crippen MR) is 72.5 cm³/mol. The van der Waals surface area contributed by atoms with Crippen molar-refractivity contribution >= 4 is 27.7 Å². The highest BCUT2D eigenvalue weighted by Gasteiger charge is 2.14. The molecule has 2 aromatic carbocycles. The third-order valence-corrected chi connectivity index (χ3v) is 4.39. The molecule has 0 aliphatic rings. The Morgan fingerprint density at radius 2 is 1.79 bits per heavy atom. The Morgan fingerprint density at radius 1 is 1.05 bits per heavy atom. The molecule has 0 aliphatic carbocycles. The second kappa shape index (κ2) is 5.98. The zero-order valence-corrected chi connectivity index (χ0v) is 12.0. The fourth-order valence-electron chi connectivity index (χ4n) is 1.48. The molecule has 0 atom stereocenters. The average Bonchev–Trinajstić information content (AvgIpc) is 2.39. The van der Waals surface area contributed by atoms with Crippen molar-refractivity contribution in [2.75, 3.05) is 0 Å². The van der Waals surface area contributed by atoms with Crippen LogP contribution in [-0.4, -0.2) is 0 Å². The van der Waals surface area contributed by atoms with Crippen LogP contribution >= 0.6 is 27.7 Å². The molecule has 6 heteroatoms. The summed E-state index contributed by atoms with van der Waals surface area (Å²) < 4.78 is 40.8. The molecule has 2 aromatic rings. The maximum absolute atomic E-state index is 14.0. The lowest BCUT2D eigenvalue weighted by Gasteiger charge is -2.08. The van der Waals surface area contributed by atoms with Crippen molar-refractivity contribution in [3.05, 3.63) is 57.8 Å². The first-order valence-corrected chi connectivity index (χ1v) is 6.93. The topological polar surface area (TPSA) is 26.0 Å². The van der Waals surface area contributed by atoms with Crippen LogP contribution < -0.4 is 5.73 Å². The zero-order chi connectivity index (χ0) is 14.0. The second-order valence-electron chi connectivity index (χ2n) is 3.73. The van der Waals surface area contributed by atoms with E-state index in [1.807, 2.05) is 0 Å². The molecule has 1 nitrogen and oxygen atoms in total. The molecule has 0 radical (unpaired) electrons. The normalized spacial score (nSPS) is 10.8. The van der Waals surface area contributed by atoms with Crippen molar-refractivity contribution in [2.24, 2.45) is 5.73 Å². The summed E-state index contributed by atoms with van der Waals surface area (Å²) in [6, 6.07) is 6.20. The van der Waals surface area contributed by atoms with Gasteiger partial charge in [-0.25, -0.2) is 13.2 Å². The van der Waals surface area contributed by atoms with Gasteiger partial charge < -0.3 is 5.73 Å². The van der Waals surface area contributed by atoms with E-state index < -0.39 is 17.5 Å². The first-order chi connectivity index (χ1) is 9.02. The van der Waals surface area contributed by atoms with Gasteiger partial charge in [-0.15, -0.1) is 0 Å². The summed E-state index contributed by atoms with van der Waals surface area (Å²) in [6.45, 7) is 0.191. The summed E-state index contributed by atoms with van der Waals surface area (Å²) in [6.07, 6.45) is 0. The Morgan fingerprint density at radius 3 is 2.47 bits per heavy atom. The SMILES string of the molecule is NCc1ccc(Sc2cc(F)ccc2F)c(F)c1Br. The molecule has 0 bridgehead atoms. The molecule has 0 saturated carbocycles. The highest BCUT2D eigenvalue weighted by molar-refractivity contribution is 9.10. The molecule has 0 heterocycles. The number of nitrogens with two attached hydrogens (primary N) is 1. The predicted octanol–water partition coefficient (Wildman–Crippen LogP) is 4.48. The smallest absolute Gasteiger partial charge is 0.151 e. The Hall–Kier alpha value is -0.980. The third-order valence-electron chi connectivity index (χ3n) is 2.46. The number of benzene rings is 2. The molecule has 0 saturated heterocycles. The van der Waals surface area contributed by atoms with Crippen LogP contribution in [0.15, 0.2) is 44.6 Å². The van der Waals surface area contributed by atoms with Crippen LogP contribution in [-0.2, 0) is 6.54 Å². The Kier molecular flexibility index (Phi) is 4.54.